The normalized spacial score (nSPS) is 18.8. The summed E-state index contributed by atoms with van der Waals surface area (Å²) in [5.74, 6) is -0.613. The number of carbonyl (C=O) groups excluding carboxylic acids is 1. The van der Waals surface area contributed by atoms with Crippen LogP contribution in [0.1, 0.15) is 41.9 Å². The average Bonchev–Trinajstić information content (AvgIpc) is 2.85. The number of halogens is 1. The molecule has 27 heavy (non-hydrogen) atoms. The van der Waals surface area contributed by atoms with Gasteiger partial charge in [0, 0.05) is 30.5 Å². The number of carbonyl (C=O) groups is 1. The van der Waals surface area contributed by atoms with Gasteiger partial charge in [0.2, 0.25) is 10.0 Å². The summed E-state index contributed by atoms with van der Waals surface area (Å²) in [6.07, 6.45) is 2.57. The van der Waals surface area contributed by atoms with Crippen LogP contribution in [-0.4, -0.2) is 24.9 Å². The fourth-order valence-corrected chi connectivity index (χ4v) is 5.16. The SMILES string of the molecule is Cc1cc(NC(=O)c2c3c(cn2C)S(=O)(=O)NC(C(C)C)CC3)ccc1F. The molecule has 0 bridgehead atoms. The molecule has 2 aromatic rings. The van der Waals surface area contributed by atoms with Gasteiger partial charge >= 0.3 is 0 Å². The van der Waals surface area contributed by atoms with Gasteiger partial charge in [-0.3, -0.25) is 4.79 Å². The van der Waals surface area contributed by atoms with Gasteiger partial charge in [0.1, 0.15) is 16.4 Å². The van der Waals surface area contributed by atoms with Crippen LogP contribution < -0.4 is 10.0 Å². The van der Waals surface area contributed by atoms with Gasteiger partial charge in [0.05, 0.1) is 0 Å². The lowest BCUT2D eigenvalue weighted by Gasteiger charge is -2.19. The third kappa shape index (κ3) is 3.77. The second kappa shape index (κ2) is 7.09. The molecule has 0 spiro atoms. The molecule has 3 rings (SSSR count). The van der Waals surface area contributed by atoms with Crippen molar-refractivity contribution < 1.29 is 17.6 Å². The quantitative estimate of drug-likeness (QED) is 0.841. The molecule has 2 N–H and O–H groups in total. The van der Waals surface area contributed by atoms with Gasteiger partial charge in [0.15, 0.2) is 0 Å². The largest absolute Gasteiger partial charge is 0.345 e. The number of amides is 1. The Kier molecular flexibility index (Phi) is 5.14. The van der Waals surface area contributed by atoms with Crippen LogP contribution >= 0.6 is 0 Å². The molecular formula is C19H24FN3O3S. The fourth-order valence-electron chi connectivity index (χ4n) is 3.42. The van der Waals surface area contributed by atoms with Crippen LogP contribution in [0.4, 0.5) is 10.1 Å². The fraction of sp³-hybridized carbons (Fsp3) is 0.421. The maximum Gasteiger partial charge on any atom is 0.272 e. The number of aryl methyl sites for hydroxylation is 2. The Labute approximate surface area is 158 Å². The van der Waals surface area contributed by atoms with Crippen LogP contribution in [0, 0.1) is 18.7 Å². The number of rotatable bonds is 3. The molecule has 6 nitrogen and oxygen atoms in total. The summed E-state index contributed by atoms with van der Waals surface area (Å²) in [5, 5.41) is 2.74. The first-order valence-electron chi connectivity index (χ1n) is 8.88. The molecule has 2 heterocycles. The zero-order valence-electron chi connectivity index (χ0n) is 15.8. The number of benzene rings is 1. The van der Waals surface area contributed by atoms with Crippen molar-refractivity contribution in [2.24, 2.45) is 13.0 Å². The van der Waals surface area contributed by atoms with Crippen molar-refractivity contribution in [1.82, 2.24) is 9.29 Å². The second-order valence-corrected chi connectivity index (χ2v) is 9.04. The molecule has 146 valence electrons. The third-order valence-electron chi connectivity index (χ3n) is 4.98. The standard InChI is InChI=1S/C19H24FN3O3S/c1-11(2)16-8-6-14-17(27(25,26)22-16)10-23(4)18(14)19(24)21-13-5-7-15(20)12(3)9-13/h5,7,9-11,16,22H,6,8H2,1-4H3,(H,21,24). The number of aromatic nitrogens is 1. The molecule has 0 radical (unpaired) electrons. The van der Waals surface area contributed by atoms with E-state index < -0.39 is 15.9 Å². The summed E-state index contributed by atoms with van der Waals surface area (Å²) in [7, 11) is -2.05. The van der Waals surface area contributed by atoms with Crippen molar-refractivity contribution in [3.63, 3.8) is 0 Å². The average molecular weight is 393 g/mol. The molecule has 0 saturated carbocycles. The molecule has 1 unspecified atom stereocenters. The lowest BCUT2D eigenvalue weighted by atomic mass is 9.97. The lowest BCUT2D eigenvalue weighted by molar-refractivity contribution is 0.101. The Morgan fingerprint density at radius 3 is 2.70 bits per heavy atom. The van der Waals surface area contributed by atoms with E-state index in [2.05, 4.69) is 10.0 Å². The predicted molar refractivity (Wildman–Crippen MR) is 102 cm³/mol. The summed E-state index contributed by atoms with van der Waals surface area (Å²) in [6, 6.07) is 4.14. The van der Waals surface area contributed by atoms with E-state index >= 15 is 0 Å². The minimum Gasteiger partial charge on any atom is -0.345 e. The van der Waals surface area contributed by atoms with Crippen LogP contribution in [0.25, 0.3) is 0 Å². The monoisotopic (exact) mass is 393 g/mol. The smallest absolute Gasteiger partial charge is 0.272 e. The van der Waals surface area contributed by atoms with E-state index in [1.165, 1.54) is 22.9 Å². The lowest BCUT2D eigenvalue weighted by Crippen LogP contribution is -2.37. The highest BCUT2D eigenvalue weighted by molar-refractivity contribution is 7.89. The number of fused-ring (bicyclic) bond motifs is 1. The van der Waals surface area contributed by atoms with Crippen LogP contribution in [0.3, 0.4) is 0 Å². The van der Waals surface area contributed by atoms with Crippen LogP contribution in [0.5, 0.6) is 0 Å². The van der Waals surface area contributed by atoms with E-state index in [4.69, 9.17) is 0 Å². The van der Waals surface area contributed by atoms with E-state index in [0.29, 0.717) is 35.3 Å². The molecule has 1 atom stereocenters. The van der Waals surface area contributed by atoms with E-state index in [0.717, 1.165) is 0 Å². The van der Waals surface area contributed by atoms with E-state index in [1.807, 2.05) is 13.8 Å². The minimum atomic E-state index is -3.69. The Hall–Kier alpha value is -2.19. The molecule has 1 amide bonds. The summed E-state index contributed by atoms with van der Waals surface area (Å²) < 4.78 is 43.2. The van der Waals surface area contributed by atoms with Gasteiger partial charge in [-0.15, -0.1) is 0 Å². The van der Waals surface area contributed by atoms with Gasteiger partial charge in [-0.05, 0) is 49.4 Å². The number of sulfonamides is 1. The van der Waals surface area contributed by atoms with Crippen LogP contribution in [-0.2, 0) is 23.5 Å². The Morgan fingerprint density at radius 1 is 1.37 bits per heavy atom. The highest BCUT2D eigenvalue weighted by Gasteiger charge is 2.33. The van der Waals surface area contributed by atoms with Crippen molar-refractivity contribution in [2.45, 2.75) is 44.6 Å². The summed E-state index contributed by atoms with van der Waals surface area (Å²) >= 11 is 0. The van der Waals surface area contributed by atoms with Gasteiger partial charge in [-0.1, -0.05) is 13.8 Å². The van der Waals surface area contributed by atoms with Crippen molar-refractivity contribution in [2.75, 3.05) is 5.32 Å². The highest BCUT2D eigenvalue weighted by Crippen LogP contribution is 2.29. The van der Waals surface area contributed by atoms with E-state index in [1.54, 1.807) is 20.0 Å². The van der Waals surface area contributed by atoms with E-state index in [9.17, 15) is 17.6 Å². The third-order valence-corrected chi connectivity index (χ3v) is 6.53. The van der Waals surface area contributed by atoms with Gasteiger partial charge in [0.25, 0.3) is 5.91 Å². The highest BCUT2D eigenvalue weighted by atomic mass is 32.2. The van der Waals surface area contributed by atoms with Gasteiger partial charge in [-0.25, -0.2) is 17.5 Å². The molecule has 0 saturated heterocycles. The molecule has 1 aromatic heterocycles. The van der Waals surface area contributed by atoms with Crippen molar-refractivity contribution in [1.29, 1.82) is 0 Å². The predicted octanol–water partition coefficient (Wildman–Crippen LogP) is 2.97. The summed E-state index contributed by atoms with van der Waals surface area (Å²) in [6.45, 7) is 5.55. The zero-order valence-corrected chi connectivity index (χ0v) is 16.7. The van der Waals surface area contributed by atoms with Crippen molar-refractivity contribution in [3.05, 3.63) is 47.0 Å². The number of nitrogens with zero attached hydrogens (tertiary/aromatic N) is 1. The van der Waals surface area contributed by atoms with Gasteiger partial charge < -0.3 is 9.88 Å². The molecule has 0 aliphatic carbocycles. The molecule has 1 aromatic carbocycles. The molecule has 8 heteroatoms. The first-order chi connectivity index (χ1) is 12.6. The molecular weight excluding hydrogens is 369 g/mol. The number of hydrogen-bond donors (Lipinski definition) is 2. The molecule has 0 fully saturated rings. The van der Waals surface area contributed by atoms with Crippen molar-refractivity contribution in [3.8, 4) is 0 Å². The first kappa shape index (κ1) is 19.6. The Balaban J connectivity index is 1.97. The van der Waals surface area contributed by atoms with Crippen LogP contribution in [0.15, 0.2) is 29.3 Å². The Morgan fingerprint density at radius 2 is 2.07 bits per heavy atom. The number of hydrogen-bond acceptors (Lipinski definition) is 3. The first-order valence-corrected chi connectivity index (χ1v) is 10.4. The topological polar surface area (TPSA) is 80.2 Å². The van der Waals surface area contributed by atoms with E-state index in [-0.39, 0.29) is 22.7 Å². The summed E-state index contributed by atoms with van der Waals surface area (Å²) in [5.41, 5.74) is 1.71. The summed E-state index contributed by atoms with van der Waals surface area (Å²) in [4.78, 5) is 13.0. The maximum absolute atomic E-state index is 13.4. The Bertz CT molecular complexity index is 996. The molecule has 1 aliphatic heterocycles. The minimum absolute atomic E-state index is 0.147. The number of nitrogens with one attached hydrogen (secondary N) is 2. The van der Waals surface area contributed by atoms with Crippen LogP contribution in [0.2, 0.25) is 0 Å². The maximum atomic E-state index is 13.4. The molecule has 1 aliphatic rings. The van der Waals surface area contributed by atoms with Crippen molar-refractivity contribution >= 4 is 21.6 Å². The van der Waals surface area contributed by atoms with Gasteiger partial charge in [-0.2, -0.15) is 0 Å². The zero-order chi connectivity index (χ0) is 19.9. The second-order valence-electron chi connectivity index (χ2n) is 7.36. The number of anilines is 1.